The lowest BCUT2D eigenvalue weighted by Crippen LogP contribution is -2.02. The molecule has 0 saturated heterocycles. The molecule has 0 amide bonds. The van der Waals surface area contributed by atoms with Gasteiger partial charge < -0.3 is 4.57 Å². The monoisotopic (exact) mass is 284 g/mol. The fraction of sp³-hybridized carbons (Fsp3) is 0.400. The van der Waals surface area contributed by atoms with Gasteiger partial charge in [-0.2, -0.15) is 5.26 Å². The number of benzene rings is 1. The molecule has 2 aromatic rings. The predicted octanol–water partition coefficient (Wildman–Crippen LogP) is 3.17. The van der Waals surface area contributed by atoms with Crippen molar-refractivity contribution in [1.29, 1.82) is 5.26 Å². The summed E-state index contributed by atoms with van der Waals surface area (Å²) >= 11 is 1.72. The van der Waals surface area contributed by atoms with Crippen LogP contribution in [0.1, 0.15) is 36.2 Å². The topological polar surface area (TPSA) is 54.5 Å². The molecule has 5 heteroatoms. The molecule has 0 spiro atoms. The van der Waals surface area contributed by atoms with Gasteiger partial charge >= 0.3 is 0 Å². The van der Waals surface area contributed by atoms with Crippen LogP contribution in [0.3, 0.4) is 0 Å². The maximum absolute atomic E-state index is 8.79. The minimum Gasteiger partial charge on any atom is -0.306 e. The summed E-state index contributed by atoms with van der Waals surface area (Å²) in [6.45, 7) is 1.04. The number of thioether (sulfide) groups is 1. The number of nitrogens with zero attached hydrogens (tertiary/aromatic N) is 4. The molecule has 1 aliphatic rings. The van der Waals surface area contributed by atoms with Gasteiger partial charge in [0.1, 0.15) is 5.82 Å². The molecular formula is C15H16N4S. The van der Waals surface area contributed by atoms with Gasteiger partial charge in [-0.05, 0) is 30.5 Å². The highest BCUT2D eigenvalue weighted by atomic mass is 32.2. The SMILES string of the molecule is N#Cc1ccc(CSc2nnc3n2CCCCC3)cc1. The Labute approximate surface area is 122 Å². The highest BCUT2D eigenvalue weighted by Crippen LogP contribution is 2.24. The number of aromatic nitrogens is 3. The Kier molecular flexibility index (Phi) is 4.03. The fourth-order valence-corrected chi connectivity index (χ4v) is 3.33. The molecule has 0 N–H and O–H groups in total. The molecule has 1 aromatic heterocycles. The molecule has 3 rings (SSSR count). The number of nitriles is 1. The smallest absolute Gasteiger partial charge is 0.191 e. The molecule has 4 nitrogen and oxygen atoms in total. The van der Waals surface area contributed by atoms with E-state index in [1.54, 1.807) is 11.8 Å². The van der Waals surface area contributed by atoms with Gasteiger partial charge in [0.25, 0.3) is 0 Å². The average molecular weight is 284 g/mol. The lowest BCUT2D eigenvalue weighted by molar-refractivity contribution is 0.591. The fourth-order valence-electron chi connectivity index (χ4n) is 2.39. The summed E-state index contributed by atoms with van der Waals surface area (Å²) in [5, 5.41) is 18.4. The van der Waals surface area contributed by atoms with Crippen LogP contribution in [-0.4, -0.2) is 14.8 Å². The Bertz CT molecular complexity index is 624. The molecule has 0 unspecified atom stereocenters. The third-order valence-electron chi connectivity index (χ3n) is 3.53. The van der Waals surface area contributed by atoms with E-state index >= 15 is 0 Å². The summed E-state index contributed by atoms with van der Waals surface area (Å²) in [5.74, 6) is 1.99. The van der Waals surface area contributed by atoms with Gasteiger partial charge in [0.15, 0.2) is 5.16 Å². The summed E-state index contributed by atoms with van der Waals surface area (Å²) in [4.78, 5) is 0. The average Bonchev–Trinajstić information content (AvgIpc) is 2.72. The lowest BCUT2D eigenvalue weighted by atomic mass is 10.2. The van der Waals surface area contributed by atoms with E-state index in [-0.39, 0.29) is 0 Å². The highest BCUT2D eigenvalue weighted by Gasteiger charge is 2.14. The number of hydrogen-bond donors (Lipinski definition) is 0. The summed E-state index contributed by atoms with van der Waals surface area (Å²) < 4.78 is 2.27. The minimum absolute atomic E-state index is 0.704. The molecule has 0 bridgehead atoms. The number of hydrogen-bond acceptors (Lipinski definition) is 4. The van der Waals surface area contributed by atoms with Gasteiger partial charge in [0.05, 0.1) is 11.6 Å². The molecule has 1 aliphatic heterocycles. The van der Waals surface area contributed by atoms with Gasteiger partial charge in [-0.25, -0.2) is 0 Å². The van der Waals surface area contributed by atoms with E-state index in [2.05, 4.69) is 20.8 Å². The molecule has 102 valence electrons. The van der Waals surface area contributed by atoms with E-state index in [1.165, 1.54) is 24.8 Å². The number of aryl methyl sites for hydroxylation is 1. The lowest BCUT2D eigenvalue weighted by Gasteiger charge is -2.06. The number of fused-ring (bicyclic) bond motifs is 1. The zero-order chi connectivity index (χ0) is 13.8. The maximum Gasteiger partial charge on any atom is 0.191 e. The summed E-state index contributed by atoms with van der Waals surface area (Å²) in [6.07, 6.45) is 4.77. The molecule has 0 atom stereocenters. The Morgan fingerprint density at radius 2 is 2.00 bits per heavy atom. The molecular weight excluding hydrogens is 268 g/mol. The van der Waals surface area contributed by atoms with Gasteiger partial charge in [-0.3, -0.25) is 0 Å². The Morgan fingerprint density at radius 1 is 1.15 bits per heavy atom. The molecule has 2 heterocycles. The first-order valence-electron chi connectivity index (χ1n) is 6.91. The zero-order valence-electron chi connectivity index (χ0n) is 11.2. The first-order chi connectivity index (χ1) is 9.86. The standard InChI is InChI=1S/C15H16N4S/c16-10-12-5-7-13(8-6-12)11-20-15-18-17-14-4-2-1-3-9-19(14)15/h5-8H,1-4,9,11H2. The zero-order valence-corrected chi connectivity index (χ0v) is 12.1. The van der Waals surface area contributed by atoms with Crippen molar-refractivity contribution in [3.8, 4) is 6.07 Å². The van der Waals surface area contributed by atoms with Crippen molar-refractivity contribution < 1.29 is 0 Å². The van der Waals surface area contributed by atoms with Crippen molar-refractivity contribution in [1.82, 2.24) is 14.8 Å². The molecule has 0 aliphatic carbocycles. The van der Waals surface area contributed by atoms with Crippen LogP contribution >= 0.6 is 11.8 Å². The van der Waals surface area contributed by atoms with Crippen molar-refractivity contribution in [2.75, 3.05) is 0 Å². The van der Waals surface area contributed by atoms with Crippen molar-refractivity contribution in [3.05, 3.63) is 41.2 Å². The van der Waals surface area contributed by atoms with E-state index in [1.807, 2.05) is 24.3 Å². The van der Waals surface area contributed by atoms with Gasteiger partial charge in [-0.15, -0.1) is 10.2 Å². The largest absolute Gasteiger partial charge is 0.306 e. The van der Waals surface area contributed by atoms with Crippen molar-refractivity contribution in [3.63, 3.8) is 0 Å². The highest BCUT2D eigenvalue weighted by molar-refractivity contribution is 7.98. The van der Waals surface area contributed by atoms with Crippen LogP contribution in [0.25, 0.3) is 0 Å². The van der Waals surface area contributed by atoms with E-state index in [9.17, 15) is 0 Å². The van der Waals surface area contributed by atoms with Crippen LogP contribution in [0.4, 0.5) is 0 Å². The van der Waals surface area contributed by atoms with Crippen LogP contribution in [0.15, 0.2) is 29.4 Å². The van der Waals surface area contributed by atoms with Crippen LogP contribution in [-0.2, 0) is 18.7 Å². The predicted molar refractivity (Wildman–Crippen MR) is 78.3 cm³/mol. The first-order valence-corrected chi connectivity index (χ1v) is 7.89. The Morgan fingerprint density at radius 3 is 2.80 bits per heavy atom. The van der Waals surface area contributed by atoms with Gasteiger partial charge in [0.2, 0.25) is 0 Å². The van der Waals surface area contributed by atoms with Gasteiger partial charge in [-0.1, -0.05) is 30.3 Å². The van der Waals surface area contributed by atoms with Crippen molar-refractivity contribution in [2.45, 2.75) is 43.1 Å². The third-order valence-corrected chi connectivity index (χ3v) is 4.56. The molecule has 0 radical (unpaired) electrons. The maximum atomic E-state index is 8.79. The van der Waals surface area contributed by atoms with Crippen LogP contribution in [0.5, 0.6) is 0 Å². The Hall–Kier alpha value is -1.80. The normalized spacial score (nSPS) is 14.3. The summed E-state index contributed by atoms with van der Waals surface area (Å²) in [7, 11) is 0. The van der Waals surface area contributed by atoms with Crippen LogP contribution < -0.4 is 0 Å². The molecule has 1 aromatic carbocycles. The third kappa shape index (κ3) is 2.86. The van der Waals surface area contributed by atoms with Crippen molar-refractivity contribution >= 4 is 11.8 Å². The molecule has 0 fully saturated rings. The molecule has 0 saturated carbocycles. The van der Waals surface area contributed by atoms with E-state index < -0.39 is 0 Å². The summed E-state index contributed by atoms with van der Waals surface area (Å²) in [6, 6.07) is 9.87. The Balaban J connectivity index is 1.69. The van der Waals surface area contributed by atoms with E-state index in [0.29, 0.717) is 5.56 Å². The molecule has 20 heavy (non-hydrogen) atoms. The van der Waals surface area contributed by atoms with Crippen LogP contribution in [0.2, 0.25) is 0 Å². The van der Waals surface area contributed by atoms with Gasteiger partial charge in [0, 0.05) is 18.7 Å². The number of rotatable bonds is 3. The quantitative estimate of drug-likeness (QED) is 0.812. The van der Waals surface area contributed by atoms with E-state index in [4.69, 9.17) is 5.26 Å². The second-order valence-corrected chi connectivity index (χ2v) is 5.90. The second kappa shape index (κ2) is 6.10. The van der Waals surface area contributed by atoms with Crippen molar-refractivity contribution in [2.24, 2.45) is 0 Å². The summed E-state index contributed by atoms with van der Waals surface area (Å²) in [5.41, 5.74) is 1.91. The van der Waals surface area contributed by atoms with Crippen LogP contribution in [0, 0.1) is 11.3 Å². The van der Waals surface area contributed by atoms with E-state index in [0.717, 1.165) is 29.7 Å². The second-order valence-electron chi connectivity index (χ2n) is 4.96. The first kappa shape index (κ1) is 13.2. The minimum atomic E-state index is 0.704.